The van der Waals surface area contributed by atoms with Crippen LogP contribution in [0.15, 0.2) is 46.6 Å². The highest BCUT2D eigenvalue weighted by molar-refractivity contribution is 9.10. The molecule has 0 aliphatic carbocycles. The number of halogens is 1. The summed E-state index contributed by atoms with van der Waals surface area (Å²) in [5.41, 5.74) is 2.81. The summed E-state index contributed by atoms with van der Waals surface area (Å²) in [6.07, 6.45) is 1.49. The number of aryl methyl sites for hydroxylation is 1. The molecule has 0 saturated carbocycles. The van der Waals surface area contributed by atoms with E-state index in [1.54, 1.807) is 12.1 Å². The Kier molecular flexibility index (Phi) is 6.96. The lowest BCUT2D eigenvalue weighted by molar-refractivity contribution is -0.143. The molecule has 3 amide bonds. The Hall–Kier alpha value is -3.33. The molecule has 1 saturated heterocycles. The van der Waals surface area contributed by atoms with Crippen LogP contribution in [0.25, 0.3) is 6.08 Å². The minimum atomic E-state index is -0.691. The van der Waals surface area contributed by atoms with Crippen LogP contribution in [0.2, 0.25) is 0 Å². The predicted octanol–water partition coefficient (Wildman–Crippen LogP) is 3.41. The molecule has 1 aliphatic rings. The van der Waals surface area contributed by atoms with E-state index in [1.807, 2.05) is 31.2 Å². The second kappa shape index (κ2) is 9.65. The number of carbonyl (C=O) groups is 3. The number of ether oxygens (including phenoxy) is 3. The lowest BCUT2D eigenvalue weighted by Gasteiger charge is -2.14. The van der Waals surface area contributed by atoms with E-state index in [0.29, 0.717) is 28.1 Å². The molecule has 1 aliphatic heterocycles. The number of esters is 1. The van der Waals surface area contributed by atoms with Gasteiger partial charge in [-0.25, -0.2) is 9.69 Å². The standard InChI is InChI=1S/C22H21BrN2O6/c1-13-4-6-14(7-5-13)12-31-20-16(23)8-15(10-18(20)29-2)9-17-21(27)25(22(28)24-17)11-19(26)30-3/h4-10H,11-12H2,1-3H3,(H,24,28)/b17-9+. The molecule has 162 valence electrons. The molecule has 0 bridgehead atoms. The van der Waals surface area contributed by atoms with Gasteiger partial charge in [0.1, 0.15) is 18.8 Å². The van der Waals surface area contributed by atoms with Crippen LogP contribution < -0.4 is 14.8 Å². The van der Waals surface area contributed by atoms with E-state index >= 15 is 0 Å². The van der Waals surface area contributed by atoms with Crippen LogP contribution in [-0.4, -0.2) is 43.6 Å². The summed E-state index contributed by atoms with van der Waals surface area (Å²) in [4.78, 5) is 36.7. The second-order valence-electron chi connectivity index (χ2n) is 6.76. The first-order valence-electron chi connectivity index (χ1n) is 9.29. The number of amides is 3. The average Bonchev–Trinajstić information content (AvgIpc) is 3.01. The monoisotopic (exact) mass is 488 g/mol. The zero-order valence-corrected chi connectivity index (χ0v) is 18.8. The lowest BCUT2D eigenvalue weighted by Crippen LogP contribution is -2.36. The van der Waals surface area contributed by atoms with Gasteiger partial charge in [-0.05, 0) is 52.2 Å². The number of hydrogen-bond donors (Lipinski definition) is 1. The molecule has 1 fully saturated rings. The first kappa shape index (κ1) is 22.4. The average molecular weight is 489 g/mol. The summed E-state index contributed by atoms with van der Waals surface area (Å²) in [6, 6.07) is 10.7. The van der Waals surface area contributed by atoms with Crippen LogP contribution in [0.3, 0.4) is 0 Å². The Labute approximate surface area is 187 Å². The molecule has 1 N–H and O–H groups in total. The normalized spacial score (nSPS) is 14.6. The van der Waals surface area contributed by atoms with Crippen molar-refractivity contribution in [1.82, 2.24) is 10.2 Å². The van der Waals surface area contributed by atoms with Gasteiger partial charge in [-0.3, -0.25) is 9.59 Å². The first-order chi connectivity index (χ1) is 14.8. The van der Waals surface area contributed by atoms with Crippen molar-refractivity contribution in [2.24, 2.45) is 0 Å². The summed E-state index contributed by atoms with van der Waals surface area (Å²) in [7, 11) is 2.70. The fourth-order valence-corrected chi connectivity index (χ4v) is 3.45. The maximum absolute atomic E-state index is 12.5. The van der Waals surface area contributed by atoms with Crippen molar-refractivity contribution in [2.45, 2.75) is 13.5 Å². The molecular weight excluding hydrogens is 468 g/mol. The number of carbonyl (C=O) groups excluding carboxylic acids is 3. The van der Waals surface area contributed by atoms with Crippen LogP contribution in [-0.2, 0) is 20.9 Å². The van der Waals surface area contributed by atoms with Crippen molar-refractivity contribution in [3.05, 3.63) is 63.3 Å². The largest absolute Gasteiger partial charge is 0.493 e. The molecule has 0 radical (unpaired) electrons. The Morgan fingerprint density at radius 1 is 1.16 bits per heavy atom. The van der Waals surface area contributed by atoms with Crippen LogP contribution in [0, 0.1) is 6.92 Å². The predicted molar refractivity (Wildman–Crippen MR) is 116 cm³/mol. The maximum atomic E-state index is 12.5. The van der Waals surface area contributed by atoms with Crippen molar-refractivity contribution < 1.29 is 28.6 Å². The van der Waals surface area contributed by atoms with E-state index in [9.17, 15) is 14.4 Å². The smallest absolute Gasteiger partial charge is 0.329 e. The van der Waals surface area contributed by atoms with Gasteiger partial charge in [0.25, 0.3) is 5.91 Å². The van der Waals surface area contributed by atoms with Crippen molar-refractivity contribution >= 4 is 39.9 Å². The van der Waals surface area contributed by atoms with Gasteiger partial charge in [0.15, 0.2) is 11.5 Å². The van der Waals surface area contributed by atoms with Gasteiger partial charge in [-0.2, -0.15) is 0 Å². The van der Waals surface area contributed by atoms with Gasteiger partial charge in [0.2, 0.25) is 0 Å². The number of benzene rings is 2. The number of urea groups is 1. The SMILES string of the molecule is COC(=O)CN1C(=O)N/C(=C/c2cc(Br)c(OCc3ccc(C)cc3)c(OC)c2)C1=O. The third kappa shape index (κ3) is 5.24. The van der Waals surface area contributed by atoms with Crippen LogP contribution >= 0.6 is 15.9 Å². The molecule has 0 atom stereocenters. The molecule has 1 heterocycles. The molecular formula is C22H21BrN2O6. The molecule has 0 unspecified atom stereocenters. The molecule has 0 spiro atoms. The van der Waals surface area contributed by atoms with E-state index < -0.39 is 24.5 Å². The number of nitrogens with one attached hydrogen (secondary N) is 1. The molecule has 2 aromatic rings. The molecule has 9 heteroatoms. The number of rotatable bonds is 7. The van der Waals surface area contributed by atoms with Gasteiger partial charge in [-0.15, -0.1) is 0 Å². The fraction of sp³-hybridized carbons (Fsp3) is 0.227. The van der Waals surface area contributed by atoms with Crippen molar-refractivity contribution in [3.8, 4) is 11.5 Å². The van der Waals surface area contributed by atoms with Crippen molar-refractivity contribution in [2.75, 3.05) is 20.8 Å². The Morgan fingerprint density at radius 2 is 1.87 bits per heavy atom. The molecule has 3 rings (SSSR count). The Morgan fingerprint density at radius 3 is 2.52 bits per heavy atom. The number of methoxy groups -OCH3 is 2. The van der Waals surface area contributed by atoms with Gasteiger partial charge in [0, 0.05) is 0 Å². The van der Waals surface area contributed by atoms with Gasteiger partial charge >= 0.3 is 12.0 Å². The van der Waals surface area contributed by atoms with E-state index in [-0.39, 0.29) is 5.70 Å². The molecule has 2 aromatic carbocycles. The van der Waals surface area contributed by atoms with Gasteiger partial charge in [0.05, 0.1) is 18.7 Å². The van der Waals surface area contributed by atoms with Crippen LogP contribution in [0.5, 0.6) is 11.5 Å². The number of imide groups is 1. The zero-order valence-electron chi connectivity index (χ0n) is 17.2. The Balaban J connectivity index is 1.80. The summed E-state index contributed by atoms with van der Waals surface area (Å²) in [5.74, 6) is -0.342. The minimum absolute atomic E-state index is 0.0381. The highest BCUT2D eigenvalue weighted by Gasteiger charge is 2.35. The third-order valence-electron chi connectivity index (χ3n) is 4.54. The van der Waals surface area contributed by atoms with Gasteiger partial charge < -0.3 is 19.5 Å². The van der Waals surface area contributed by atoms with E-state index in [2.05, 4.69) is 26.0 Å². The second-order valence-corrected chi connectivity index (χ2v) is 7.62. The maximum Gasteiger partial charge on any atom is 0.329 e. The van der Waals surface area contributed by atoms with E-state index in [1.165, 1.54) is 25.9 Å². The third-order valence-corrected chi connectivity index (χ3v) is 5.13. The van der Waals surface area contributed by atoms with Crippen molar-refractivity contribution in [1.29, 1.82) is 0 Å². The van der Waals surface area contributed by atoms with Crippen LogP contribution in [0.4, 0.5) is 4.79 Å². The Bertz CT molecular complexity index is 1050. The zero-order chi connectivity index (χ0) is 22.5. The topological polar surface area (TPSA) is 94.2 Å². The summed E-state index contributed by atoms with van der Waals surface area (Å²) in [6.45, 7) is 1.91. The van der Waals surface area contributed by atoms with E-state index in [4.69, 9.17) is 9.47 Å². The first-order valence-corrected chi connectivity index (χ1v) is 10.1. The highest BCUT2D eigenvalue weighted by atomic mass is 79.9. The number of nitrogens with zero attached hydrogens (tertiary/aromatic N) is 1. The summed E-state index contributed by atoms with van der Waals surface area (Å²) in [5, 5.41) is 2.46. The van der Waals surface area contributed by atoms with Crippen LogP contribution in [0.1, 0.15) is 16.7 Å². The summed E-state index contributed by atoms with van der Waals surface area (Å²) < 4.78 is 16.5. The molecule has 0 aromatic heterocycles. The molecule has 8 nitrogen and oxygen atoms in total. The van der Waals surface area contributed by atoms with E-state index in [0.717, 1.165) is 10.5 Å². The molecule has 31 heavy (non-hydrogen) atoms. The summed E-state index contributed by atoms with van der Waals surface area (Å²) >= 11 is 3.48. The lowest BCUT2D eigenvalue weighted by atomic mass is 10.1. The minimum Gasteiger partial charge on any atom is -0.493 e. The van der Waals surface area contributed by atoms with Gasteiger partial charge in [-0.1, -0.05) is 29.8 Å². The van der Waals surface area contributed by atoms with Crippen molar-refractivity contribution in [3.63, 3.8) is 0 Å². The number of hydrogen-bond acceptors (Lipinski definition) is 6. The fourth-order valence-electron chi connectivity index (χ4n) is 2.88. The quantitative estimate of drug-likeness (QED) is 0.364. The highest BCUT2D eigenvalue weighted by Crippen LogP contribution is 2.38.